The Morgan fingerprint density at radius 1 is 0.508 bits per heavy atom. The van der Waals surface area contributed by atoms with Gasteiger partial charge in [-0.2, -0.15) is 0 Å². The second-order valence-electron chi connectivity index (χ2n) is 17.1. The molecule has 0 aliphatic heterocycles. The van der Waals surface area contributed by atoms with Crippen molar-refractivity contribution in [2.45, 2.75) is 187 Å². The summed E-state index contributed by atoms with van der Waals surface area (Å²) in [6.45, 7) is 5.14. The molecule has 0 fully saturated rings. The number of nitrogens with zero attached hydrogens (tertiary/aromatic N) is 1. The van der Waals surface area contributed by atoms with Gasteiger partial charge < -0.3 is 27.9 Å². The number of esters is 1. The third kappa shape index (κ3) is 48.6. The van der Waals surface area contributed by atoms with E-state index in [-0.39, 0.29) is 32.2 Å². The van der Waals surface area contributed by atoms with Crippen molar-refractivity contribution >= 4 is 13.8 Å². The highest BCUT2D eigenvalue weighted by molar-refractivity contribution is 7.45. The van der Waals surface area contributed by atoms with Crippen molar-refractivity contribution in [2.24, 2.45) is 0 Å². The highest BCUT2D eigenvalue weighted by Gasteiger charge is 2.20. The normalized spacial score (nSPS) is 14.4. The smallest absolute Gasteiger partial charge is 0.306 e. The zero-order valence-corrected chi connectivity index (χ0v) is 40.7. The van der Waals surface area contributed by atoms with E-state index in [1.165, 1.54) is 64.2 Å². The molecular weight excluding hydrogens is 782 g/mol. The van der Waals surface area contributed by atoms with Crippen LogP contribution >= 0.6 is 7.82 Å². The molecule has 352 valence electrons. The number of phosphoric ester groups is 1. The molecule has 0 N–H and O–H groups in total. The molecule has 2 unspecified atom stereocenters. The van der Waals surface area contributed by atoms with Crippen LogP contribution in [0.3, 0.4) is 0 Å². The molecule has 0 radical (unpaired) electrons. The first-order valence-electron chi connectivity index (χ1n) is 24.3. The predicted molar refractivity (Wildman–Crippen MR) is 258 cm³/mol. The molecule has 0 bridgehead atoms. The lowest BCUT2D eigenvalue weighted by molar-refractivity contribution is -0.870. The zero-order valence-electron chi connectivity index (χ0n) is 39.8. The predicted octanol–water partition coefficient (Wildman–Crippen LogP) is 14.2. The summed E-state index contributed by atoms with van der Waals surface area (Å²) in [5.41, 5.74) is 0. The first-order chi connectivity index (χ1) is 29.6. The van der Waals surface area contributed by atoms with Crippen LogP contribution in [0.2, 0.25) is 0 Å². The van der Waals surface area contributed by atoms with E-state index in [0.29, 0.717) is 17.6 Å². The number of hydrogen-bond acceptors (Lipinski definition) is 7. The fraction of sp³-hybridized carbons (Fsp3) is 0.712. The topological polar surface area (TPSA) is 94.1 Å². The summed E-state index contributed by atoms with van der Waals surface area (Å²) in [6.07, 6.45) is 58.9. The van der Waals surface area contributed by atoms with Crippen LogP contribution in [0.15, 0.2) is 85.1 Å². The van der Waals surface area contributed by atoms with Gasteiger partial charge in [0.05, 0.1) is 34.4 Å². The summed E-state index contributed by atoms with van der Waals surface area (Å²) in [5.74, 6) is -0.355. The second kappa shape index (κ2) is 44.3. The maximum absolute atomic E-state index is 12.7. The number of carbonyl (C=O) groups is 1. The molecule has 0 aromatic heterocycles. The van der Waals surface area contributed by atoms with Crippen LogP contribution in [0.4, 0.5) is 0 Å². The maximum atomic E-state index is 12.7. The number of phosphoric acid groups is 1. The van der Waals surface area contributed by atoms with Gasteiger partial charge >= 0.3 is 5.97 Å². The Labute approximate surface area is 375 Å². The average molecular weight is 874 g/mol. The number of rotatable bonds is 44. The van der Waals surface area contributed by atoms with E-state index in [9.17, 15) is 14.3 Å². The van der Waals surface area contributed by atoms with E-state index in [1.54, 1.807) is 0 Å². The van der Waals surface area contributed by atoms with Crippen molar-refractivity contribution in [3.63, 3.8) is 0 Å². The van der Waals surface area contributed by atoms with E-state index >= 15 is 0 Å². The zero-order chi connectivity index (χ0) is 44.8. The van der Waals surface area contributed by atoms with E-state index < -0.39 is 13.9 Å². The summed E-state index contributed by atoms with van der Waals surface area (Å²) in [7, 11) is 1.33. The van der Waals surface area contributed by atoms with Crippen LogP contribution in [-0.2, 0) is 27.9 Å². The van der Waals surface area contributed by atoms with E-state index in [1.807, 2.05) is 21.1 Å². The Balaban J connectivity index is 4.16. The van der Waals surface area contributed by atoms with Crippen molar-refractivity contribution < 1.29 is 37.3 Å². The van der Waals surface area contributed by atoms with Gasteiger partial charge in [-0.15, -0.1) is 0 Å². The number of carbonyl (C=O) groups excluding carboxylic acids is 1. The Morgan fingerprint density at radius 3 is 1.34 bits per heavy atom. The fourth-order valence-electron chi connectivity index (χ4n) is 6.26. The maximum Gasteiger partial charge on any atom is 0.306 e. The minimum absolute atomic E-state index is 0.0177. The minimum atomic E-state index is -4.54. The molecule has 0 aliphatic carbocycles. The fourth-order valence-corrected chi connectivity index (χ4v) is 6.99. The van der Waals surface area contributed by atoms with Crippen molar-refractivity contribution in [1.82, 2.24) is 0 Å². The van der Waals surface area contributed by atoms with Crippen molar-refractivity contribution in [3.8, 4) is 0 Å². The van der Waals surface area contributed by atoms with Gasteiger partial charge in [0.1, 0.15) is 19.3 Å². The number of likely N-dealkylation sites (N-methyl/N-ethyl adjacent to an activating group) is 1. The lowest BCUT2D eigenvalue weighted by atomic mass is 10.1. The molecule has 9 heteroatoms. The molecule has 0 amide bonds. The van der Waals surface area contributed by atoms with Crippen molar-refractivity contribution in [3.05, 3.63) is 85.1 Å². The largest absolute Gasteiger partial charge is 0.756 e. The summed E-state index contributed by atoms with van der Waals surface area (Å²) in [6, 6.07) is 0. The third-order valence-electron chi connectivity index (χ3n) is 9.94. The Bertz CT molecular complexity index is 1250. The van der Waals surface area contributed by atoms with Gasteiger partial charge in [-0.3, -0.25) is 9.36 Å². The molecular formula is C52H92NO7P. The van der Waals surface area contributed by atoms with Crippen LogP contribution in [0.5, 0.6) is 0 Å². The first-order valence-corrected chi connectivity index (χ1v) is 25.8. The highest BCUT2D eigenvalue weighted by atomic mass is 31.2. The van der Waals surface area contributed by atoms with Gasteiger partial charge in [0.15, 0.2) is 0 Å². The van der Waals surface area contributed by atoms with Gasteiger partial charge in [0.2, 0.25) is 0 Å². The van der Waals surface area contributed by atoms with Gasteiger partial charge in [-0.1, -0.05) is 176 Å². The van der Waals surface area contributed by atoms with Gasteiger partial charge in [0.25, 0.3) is 7.82 Å². The van der Waals surface area contributed by atoms with Crippen LogP contribution in [-0.4, -0.2) is 70.7 Å². The molecule has 0 heterocycles. The summed E-state index contributed by atoms with van der Waals surface area (Å²) in [4.78, 5) is 25.1. The standard InChI is InChI=1S/C52H92NO7P/c1-6-8-10-12-14-16-18-20-22-23-24-25-26-27-28-29-30-32-34-36-38-40-42-44-47-57-49-51(50-59-61(55,56)58-48-46-53(3,4)5)60-52(54)45-43-41-39-37-35-33-31-21-19-17-15-13-11-9-7-2/h8-11,14-17,20-22,24-25,31,51H,6-7,12-13,18-19,23,26-30,32-50H2,1-5H3/b10-8-,11-9-,16-14-,17-15-,22-20-,25-24-,31-21-. The van der Waals surface area contributed by atoms with Crippen LogP contribution in [0.25, 0.3) is 0 Å². The SMILES string of the molecule is CC/C=C\C/C=C\C/C=C\C/C=C\CCCCCCCCCCCCCOCC(COP(=O)([O-])OCC[N+](C)(C)C)OC(=O)CCCCCCC/C=C\C/C=C\C/C=C\CC. The molecule has 0 rings (SSSR count). The molecule has 2 atom stereocenters. The Hall–Kier alpha value is -2.32. The van der Waals surface area contributed by atoms with Gasteiger partial charge in [-0.25, -0.2) is 0 Å². The number of ether oxygens (including phenoxy) is 2. The van der Waals surface area contributed by atoms with Crippen LogP contribution in [0, 0.1) is 0 Å². The lowest BCUT2D eigenvalue weighted by Crippen LogP contribution is -2.37. The quantitative estimate of drug-likeness (QED) is 0.0198. The van der Waals surface area contributed by atoms with E-state index in [4.69, 9.17) is 18.5 Å². The van der Waals surface area contributed by atoms with Crippen molar-refractivity contribution in [2.75, 3.05) is 54.1 Å². The number of unbranched alkanes of at least 4 members (excludes halogenated alkanes) is 16. The van der Waals surface area contributed by atoms with Gasteiger partial charge in [-0.05, 0) is 83.5 Å². The van der Waals surface area contributed by atoms with Gasteiger partial charge in [0, 0.05) is 13.0 Å². The Kier molecular flexibility index (Phi) is 42.6. The van der Waals surface area contributed by atoms with Crippen LogP contribution in [0.1, 0.15) is 181 Å². The molecule has 61 heavy (non-hydrogen) atoms. The Morgan fingerprint density at radius 2 is 0.902 bits per heavy atom. The first kappa shape index (κ1) is 58.7. The number of quaternary nitrogens is 1. The summed E-state index contributed by atoms with van der Waals surface area (Å²) >= 11 is 0. The minimum Gasteiger partial charge on any atom is -0.756 e. The molecule has 0 aromatic rings. The summed E-state index contributed by atoms with van der Waals surface area (Å²) < 4.78 is 34.7. The summed E-state index contributed by atoms with van der Waals surface area (Å²) in [5, 5.41) is 0. The monoisotopic (exact) mass is 874 g/mol. The third-order valence-corrected chi connectivity index (χ3v) is 10.9. The molecule has 0 aliphatic rings. The molecule has 0 spiro atoms. The van der Waals surface area contributed by atoms with Crippen molar-refractivity contribution in [1.29, 1.82) is 0 Å². The van der Waals surface area contributed by atoms with E-state index in [2.05, 4.69) is 98.9 Å². The molecule has 8 nitrogen and oxygen atoms in total. The number of hydrogen-bond donors (Lipinski definition) is 0. The number of allylic oxidation sites excluding steroid dienone is 14. The van der Waals surface area contributed by atoms with Crippen LogP contribution < -0.4 is 4.89 Å². The highest BCUT2D eigenvalue weighted by Crippen LogP contribution is 2.38. The van der Waals surface area contributed by atoms with E-state index in [0.717, 1.165) is 96.3 Å². The molecule has 0 saturated heterocycles. The second-order valence-corrected chi connectivity index (χ2v) is 18.5. The lowest BCUT2D eigenvalue weighted by Gasteiger charge is -2.28. The molecule has 0 saturated carbocycles. The average Bonchev–Trinajstić information content (AvgIpc) is 3.22. The molecule has 0 aromatic carbocycles.